The lowest BCUT2D eigenvalue weighted by molar-refractivity contribution is -0.137. The van der Waals surface area contributed by atoms with E-state index in [1.54, 1.807) is 0 Å². The first-order chi connectivity index (χ1) is 9.15. The molecule has 1 unspecified atom stereocenters. The fraction of sp³-hybridized carbons (Fsp3) is 0.562. The van der Waals surface area contributed by atoms with Crippen LogP contribution >= 0.6 is 0 Å². The van der Waals surface area contributed by atoms with Crippen LogP contribution in [-0.2, 0) is 17.6 Å². The van der Waals surface area contributed by atoms with Crippen molar-refractivity contribution in [1.82, 2.24) is 0 Å². The third-order valence-electron chi connectivity index (χ3n) is 4.40. The lowest BCUT2D eigenvalue weighted by Gasteiger charge is -2.37. The summed E-state index contributed by atoms with van der Waals surface area (Å²) in [6.45, 7) is 4.39. The van der Waals surface area contributed by atoms with Crippen molar-refractivity contribution in [3.8, 4) is 0 Å². The topological polar surface area (TPSA) is 40.5 Å². The maximum absolute atomic E-state index is 10.9. The van der Waals surface area contributed by atoms with E-state index in [2.05, 4.69) is 17.0 Å². The average Bonchev–Trinajstić information content (AvgIpc) is 2.38. The fourth-order valence-electron chi connectivity index (χ4n) is 3.49. The van der Waals surface area contributed by atoms with Crippen LogP contribution in [-0.4, -0.2) is 24.2 Å². The molecule has 2 aliphatic rings. The van der Waals surface area contributed by atoms with E-state index in [4.69, 9.17) is 5.11 Å². The average molecular weight is 259 g/mol. The van der Waals surface area contributed by atoms with Crippen molar-refractivity contribution in [2.24, 2.45) is 0 Å². The highest BCUT2D eigenvalue weighted by atomic mass is 16.4. The van der Waals surface area contributed by atoms with Crippen molar-refractivity contribution < 1.29 is 9.90 Å². The number of carbonyl (C=O) groups is 1. The molecule has 0 amide bonds. The molecule has 0 aliphatic carbocycles. The SMILES string of the molecule is CC(CC(=O)O)c1cc2c3c(c1)CCCN3CCC2. The van der Waals surface area contributed by atoms with Gasteiger partial charge in [-0.15, -0.1) is 0 Å². The number of nitrogens with zero attached hydrogens (tertiary/aromatic N) is 1. The van der Waals surface area contributed by atoms with Gasteiger partial charge in [0.1, 0.15) is 0 Å². The minimum Gasteiger partial charge on any atom is -0.481 e. The Kier molecular flexibility index (Phi) is 3.21. The van der Waals surface area contributed by atoms with Gasteiger partial charge in [-0.25, -0.2) is 0 Å². The van der Waals surface area contributed by atoms with Crippen molar-refractivity contribution in [3.05, 3.63) is 28.8 Å². The monoisotopic (exact) mass is 259 g/mol. The second-order valence-electron chi connectivity index (χ2n) is 5.88. The number of aryl methyl sites for hydroxylation is 2. The van der Waals surface area contributed by atoms with Crippen LogP contribution in [0.5, 0.6) is 0 Å². The molecular weight excluding hydrogens is 238 g/mol. The minimum atomic E-state index is -0.708. The number of benzene rings is 1. The zero-order valence-electron chi connectivity index (χ0n) is 11.5. The zero-order valence-corrected chi connectivity index (χ0v) is 11.5. The molecule has 102 valence electrons. The van der Waals surface area contributed by atoms with Crippen LogP contribution in [0.1, 0.15) is 48.8 Å². The largest absolute Gasteiger partial charge is 0.481 e. The van der Waals surface area contributed by atoms with Gasteiger partial charge >= 0.3 is 5.97 Å². The standard InChI is InChI=1S/C16H21NO2/c1-11(8-15(18)19)14-9-12-4-2-6-17-7-3-5-13(10-14)16(12)17/h9-11H,2-8H2,1H3,(H,18,19). The number of hydrogen-bond donors (Lipinski definition) is 1. The first-order valence-corrected chi connectivity index (χ1v) is 7.27. The number of rotatable bonds is 3. The van der Waals surface area contributed by atoms with Crippen LogP contribution in [0.15, 0.2) is 12.1 Å². The van der Waals surface area contributed by atoms with E-state index in [0.717, 1.165) is 12.8 Å². The fourth-order valence-corrected chi connectivity index (χ4v) is 3.49. The molecular formula is C16H21NO2. The smallest absolute Gasteiger partial charge is 0.303 e. The van der Waals surface area contributed by atoms with Gasteiger partial charge < -0.3 is 10.0 Å². The Labute approximate surface area is 114 Å². The molecule has 19 heavy (non-hydrogen) atoms. The molecule has 3 heteroatoms. The van der Waals surface area contributed by atoms with E-state index < -0.39 is 5.97 Å². The van der Waals surface area contributed by atoms with E-state index in [-0.39, 0.29) is 12.3 Å². The van der Waals surface area contributed by atoms with E-state index in [0.29, 0.717) is 0 Å². The molecule has 1 atom stereocenters. The van der Waals surface area contributed by atoms with Gasteiger partial charge in [-0.1, -0.05) is 19.1 Å². The maximum Gasteiger partial charge on any atom is 0.303 e. The zero-order chi connectivity index (χ0) is 13.4. The molecule has 0 saturated heterocycles. The second-order valence-corrected chi connectivity index (χ2v) is 5.88. The summed E-state index contributed by atoms with van der Waals surface area (Å²) in [5, 5.41) is 8.96. The highest BCUT2D eigenvalue weighted by Crippen LogP contribution is 2.37. The number of carboxylic acids is 1. The van der Waals surface area contributed by atoms with Crippen LogP contribution < -0.4 is 4.90 Å². The Balaban J connectivity index is 1.98. The predicted molar refractivity (Wildman–Crippen MR) is 76.0 cm³/mol. The number of carboxylic acid groups (broad SMARTS) is 1. The van der Waals surface area contributed by atoms with Gasteiger partial charge in [-0.2, -0.15) is 0 Å². The first-order valence-electron chi connectivity index (χ1n) is 7.27. The molecule has 1 N–H and O–H groups in total. The van der Waals surface area contributed by atoms with Gasteiger partial charge in [0.15, 0.2) is 0 Å². The molecule has 0 saturated carbocycles. The molecule has 2 aliphatic heterocycles. The molecule has 3 rings (SSSR count). The summed E-state index contributed by atoms with van der Waals surface area (Å²) in [6, 6.07) is 4.51. The predicted octanol–water partition coefficient (Wildman–Crippen LogP) is 2.96. The first kappa shape index (κ1) is 12.5. The van der Waals surface area contributed by atoms with Crippen LogP contribution in [0.2, 0.25) is 0 Å². The maximum atomic E-state index is 10.9. The summed E-state index contributed by atoms with van der Waals surface area (Å²) in [5.74, 6) is -0.600. The van der Waals surface area contributed by atoms with Crippen molar-refractivity contribution in [2.45, 2.75) is 44.9 Å². The Bertz CT molecular complexity index is 478. The lowest BCUT2D eigenvalue weighted by Crippen LogP contribution is -2.34. The highest BCUT2D eigenvalue weighted by molar-refractivity contribution is 5.69. The third kappa shape index (κ3) is 2.34. The van der Waals surface area contributed by atoms with E-state index in [1.165, 1.54) is 48.3 Å². The summed E-state index contributed by atoms with van der Waals surface area (Å²) >= 11 is 0. The van der Waals surface area contributed by atoms with Crippen LogP contribution in [0.25, 0.3) is 0 Å². The number of aliphatic carboxylic acids is 1. The Morgan fingerprint density at radius 1 is 1.26 bits per heavy atom. The Morgan fingerprint density at radius 2 is 1.84 bits per heavy atom. The van der Waals surface area contributed by atoms with Crippen LogP contribution in [0, 0.1) is 0 Å². The summed E-state index contributed by atoms with van der Waals surface area (Å²) in [5.41, 5.74) is 5.55. The van der Waals surface area contributed by atoms with E-state index in [1.807, 2.05) is 6.92 Å². The van der Waals surface area contributed by atoms with Crippen molar-refractivity contribution in [1.29, 1.82) is 0 Å². The minimum absolute atomic E-state index is 0.108. The van der Waals surface area contributed by atoms with Gasteiger partial charge in [0.2, 0.25) is 0 Å². The Hall–Kier alpha value is -1.51. The molecule has 1 aromatic rings. The quantitative estimate of drug-likeness (QED) is 0.907. The molecule has 1 aromatic carbocycles. The normalized spacial score (nSPS) is 18.9. The van der Waals surface area contributed by atoms with Crippen molar-refractivity contribution in [3.63, 3.8) is 0 Å². The number of hydrogen-bond acceptors (Lipinski definition) is 2. The molecule has 0 bridgehead atoms. The van der Waals surface area contributed by atoms with Gasteiger partial charge in [0.05, 0.1) is 6.42 Å². The molecule has 3 nitrogen and oxygen atoms in total. The van der Waals surface area contributed by atoms with Gasteiger partial charge in [0, 0.05) is 18.8 Å². The van der Waals surface area contributed by atoms with Crippen LogP contribution in [0.4, 0.5) is 5.69 Å². The van der Waals surface area contributed by atoms with E-state index >= 15 is 0 Å². The second kappa shape index (κ2) is 4.87. The Morgan fingerprint density at radius 3 is 2.37 bits per heavy atom. The van der Waals surface area contributed by atoms with Crippen LogP contribution in [0.3, 0.4) is 0 Å². The van der Waals surface area contributed by atoms with Crippen molar-refractivity contribution >= 4 is 11.7 Å². The van der Waals surface area contributed by atoms with Gasteiger partial charge in [0.25, 0.3) is 0 Å². The molecule has 0 fully saturated rings. The molecule has 0 spiro atoms. The third-order valence-corrected chi connectivity index (χ3v) is 4.40. The van der Waals surface area contributed by atoms with E-state index in [9.17, 15) is 4.79 Å². The lowest BCUT2D eigenvalue weighted by atomic mass is 9.86. The van der Waals surface area contributed by atoms with Gasteiger partial charge in [-0.05, 0) is 48.3 Å². The molecule has 0 radical (unpaired) electrons. The van der Waals surface area contributed by atoms with Gasteiger partial charge in [-0.3, -0.25) is 4.79 Å². The summed E-state index contributed by atoms with van der Waals surface area (Å²) in [4.78, 5) is 13.4. The summed E-state index contributed by atoms with van der Waals surface area (Å²) in [6.07, 6.45) is 4.97. The van der Waals surface area contributed by atoms with Crippen molar-refractivity contribution in [2.75, 3.05) is 18.0 Å². The summed E-state index contributed by atoms with van der Waals surface area (Å²) < 4.78 is 0. The molecule has 0 aromatic heterocycles. The highest BCUT2D eigenvalue weighted by Gasteiger charge is 2.25. The molecule has 2 heterocycles. The number of anilines is 1. The summed E-state index contributed by atoms with van der Waals surface area (Å²) in [7, 11) is 0.